The minimum absolute atomic E-state index is 0.0169. The Labute approximate surface area is 205 Å². The summed E-state index contributed by atoms with van der Waals surface area (Å²) in [4.78, 5) is 60.0. The zero-order valence-electron chi connectivity index (χ0n) is 19.9. The van der Waals surface area contributed by atoms with E-state index in [1.807, 2.05) is 47.4 Å². The molecule has 0 aromatic heterocycles. The van der Waals surface area contributed by atoms with Crippen molar-refractivity contribution in [1.29, 1.82) is 0 Å². The molecule has 2 heterocycles. The molecule has 1 aromatic rings. The van der Waals surface area contributed by atoms with E-state index < -0.39 is 35.5 Å². The number of amides is 3. The first-order chi connectivity index (χ1) is 17.0. The monoisotopic (exact) mass is 476 g/mol. The van der Waals surface area contributed by atoms with Crippen LogP contribution in [0.5, 0.6) is 0 Å². The molecule has 184 valence electrons. The Morgan fingerprint density at radius 2 is 1.51 bits per heavy atom. The van der Waals surface area contributed by atoms with Crippen molar-refractivity contribution >= 4 is 23.7 Å². The summed E-state index contributed by atoms with van der Waals surface area (Å²) in [7, 11) is 0. The fourth-order valence-electron chi connectivity index (χ4n) is 7.22. The highest BCUT2D eigenvalue weighted by molar-refractivity contribution is 6.06. The van der Waals surface area contributed by atoms with Crippen LogP contribution in [0.2, 0.25) is 0 Å². The fraction of sp³-hybridized carbons (Fsp3) is 0.571. The summed E-state index contributed by atoms with van der Waals surface area (Å²) in [5.41, 5.74) is 0.913. The molecule has 2 aliphatic heterocycles. The van der Waals surface area contributed by atoms with Crippen LogP contribution in [-0.4, -0.2) is 46.7 Å². The van der Waals surface area contributed by atoms with E-state index in [1.165, 1.54) is 25.7 Å². The van der Waals surface area contributed by atoms with E-state index in [-0.39, 0.29) is 24.2 Å². The second-order valence-electron chi connectivity index (χ2n) is 11.1. The van der Waals surface area contributed by atoms with Crippen molar-refractivity contribution in [2.45, 2.75) is 44.9 Å². The summed E-state index contributed by atoms with van der Waals surface area (Å²) in [6, 6.07) is 9.51. The number of hydroxylamine groups is 2. The minimum atomic E-state index is -0.761. The predicted octanol–water partition coefficient (Wildman–Crippen LogP) is 3.15. The van der Waals surface area contributed by atoms with Crippen molar-refractivity contribution in [3.8, 4) is 0 Å². The number of carbonyl (C=O) groups is 4. The van der Waals surface area contributed by atoms with Gasteiger partial charge in [0.1, 0.15) is 0 Å². The molecule has 0 spiro atoms. The molecule has 7 heteroatoms. The predicted molar refractivity (Wildman–Crippen MR) is 126 cm³/mol. The SMILES string of the molecule is O=C(ON1C(=O)C2C3C=CC(C3)C2C1=O)[C@H](CC(=O)N1C[C@H]2CCCC[C@H]2C1)Cc1ccccc1. The van der Waals surface area contributed by atoms with E-state index in [9.17, 15) is 19.2 Å². The Bertz CT molecular complexity index is 1020. The number of hydrogen-bond acceptors (Lipinski definition) is 5. The third-order valence-electron chi connectivity index (χ3n) is 9.02. The second-order valence-corrected chi connectivity index (χ2v) is 11.1. The summed E-state index contributed by atoms with van der Waals surface area (Å²) in [6.07, 6.45) is 9.96. The van der Waals surface area contributed by atoms with Crippen molar-refractivity contribution in [2.24, 2.45) is 41.4 Å². The first-order valence-electron chi connectivity index (χ1n) is 13.1. The Balaban J connectivity index is 1.16. The van der Waals surface area contributed by atoms with Crippen LogP contribution >= 0.6 is 0 Å². The normalized spacial score (nSPS) is 33.7. The van der Waals surface area contributed by atoms with Gasteiger partial charge in [-0.15, -0.1) is 5.06 Å². The number of imide groups is 1. The van der Waals surface area contributed by atoms with E-state index in [2.05, 4.69) is 0 Å². The highest BCUT2D eigenvalue weighted by atomic mass is 16.7. The maximum Gasteiger partial charge on any atom is 0.337 e. The molecule has 2 saturated carbocycles. The topological polar surface area (TPSA) is 84.0 Å². The number of hydrogen-bond donors (Lipinski definition) is 0. The molecule has 2 bridgehead atoms. The van der Waals surface area contributed by atoms with E-state index in [1.54, 1.807) is 0 Å². The molecular formula is C28H32N2O5. The van der Waals surface area contributed by atoms with Crippen LogP contribution in [0.4, 0.5) is 0 Å². The Morgan fingerprint density at radius 3 is 2.11 bits per heavy atom. The highest BCUT2D eigenvalue weighted by Gasteiger charge is 2.61. The van der Waals surface area contributed by atoms with Gasteiger partial charge >= 0.3 is 5.97 Å². The van der Waals surface area contributed by atoms with Crippen LogP contribution in [0.1, 0.15) is 44.1 Å². The lowest BCUT2D eigenvalue weighted by atomic mass is 9.82. The Morgan fingerprint density at radius 1 is 0.914 bits per heavy atom. The van der Waals surface area contributed by atoms with E-state index in [0.29, 0.717) is 23.3 Å². The molecule has 6 rings (SSSR count). The Hall–Kier alpha value is -2.96. The number of allylic oxidation sites excluding steroid dienone is 2. The van der Waals surface area contributed by atoms with Gasteiger partial charge in [-0.25, -0.2) is 4.79 Å². The van der Waals surface area contributed by atoms with Gasteiger partial charge in [0.2, 0.25) is 5.91 Å². The fourth-order valence-corrected chi connectivity index (χ4v) is 7.22. The second kappa shape index (κ2) is 8.92. The minimum Gasteiger partial charge on any atom is -0.342 e. The molecule has 0 radical (unpaired) electrons. The molecule has 1 aromatic carbocycles. The van der Waals surface area contributed by atoms with Crippen LogP contribution in [0.3, 0.4) is 0 Å². The summed E-state index contributed by atoms with van der Waals surface area (Å²) in [5.74, 6) is -1.95. The van der Waals surface area contributed by atoms with Gasteiger partial charge in [0.05, 0.1) is 17.8 Å². The standard InChI is InChI=1S/C28H32N2O5/c31-23(29-15-20-8-4-5-9-21(20)16-29)14-22(12-17-6-2-1-3-7-17)28(34)35-30-26(32)24-18-10-11-19(13-18)25(24)27(30)33/h1-3,6-7,10-11,18-22,24-25H,4-5,8-9,12-16H2/t18?,19?,20-,21+,22-,24?,25?/m0/s1. The van der Waals surface area contributed by atoms with Crippen molar-refractivity contribution < 1.29 is 24.0 Å². The maximum absolute atomic E-state index is 13.3. The molecule has 0 N–H and O–H groups in total. The van der Waals surface area contributed by atoms with Crippen LogP contribution in [-0.2, 0) is 30.4 Å². The number of rotatable bonds is 6. The number of nitrogens with zero attached hydrogens (tertiary/aromatic N) is 2. The summed E-state index contributed by atoms with van der Waals surface area (Å²) in [6.45, 7) is 1.53. The lowest BCUT2D eigenvalue weighted by Crippen LogP contribution is -2.39. The molecule has 2 saturated heterocycles. The average Bonchev–Trinajstić information content (AvgIpc) is 3.64. The molecule has 4 fully saturated rings. The molecule has 5 aliphatic rings. The van der Waals surface area contributed by atoms with Crippen molar-refractivity contribution in [1.82, 2.24) is 9.96 Å². The lowest BCUT2D eigenvalue weighted by Gasteiger charge is -2.23. The molecule has 35 heavy (non-hydrogen) atoms. The quantitative estimate of drug-likeness (QED) is 0.465. The van der Waals surface area contributed by atoms with Crippen LogP contribution in [0.15, 0.2) is 42.5 Å². The summed E-state index contributed by atoms with van der Waals surface area (Å²) in [5, 5.41) is 0.705. The van der Waals surface area contributed by atoms with Gasteiger partial charge in [-0.05, 0) is 54.9 Å². The lowest BCUT2D eigenvalue weighted by molar-refractivity contribution is -0.202. The highest BCUT2D eigenvalue weighted by Crippen LogP contribution is 2.52. The van der Waals surface area contributed by atoms with Gasteiger partial charge in [-0.2, -0.15) is 0 Å². The summed E-state index contributed by atoms with van der Waals surface area (Å²) >= 11 is 0. The van der Waals surface area contributed by atoms with E-state index in [0.717, 1.165) is 25.1 Å². The van der Waals surface area contributed by atoms with Gasteiger partial charge in [0.15, 0.2) is 0 Å². The summed E-state index contributed by atoms with van der Waals surface area (Å²) < 4.78 is 0. The van der Waals surface area contributed by atoms with Crippen LogP contribution in [0, 0.1) is 41.4 Å². The van der Waals surface area contributed by atoms with Gasteiger partial charge < -0.3 is 9.74 Å². The third-order valence-corrected chi connectivity index (χ3v) is 9.02. The molecule has 3 aliphatic carbocycles. The van der Waals surface area contributed by atoms with Gasteiger partial charge in [-0.1, -0.05) is 55.3 Å². The van der Waals surface area contributed by atoms with Crippen LogP contribution < -0.4 is 0 Å². The molecule has 4 unspecified atom stereocenters. The Kier molecular flexibility index (Phi) is 5.73. The molecule has 7 nitrogen and oxygen atoms in total. The number of fused-ring (bicyclic) bond motifs is 6. The molecule has 3 amide bonds. The zero-order valence-corrected chi connectivity index (χ0v) is 19.9. The average molecular weight is 477 g/mol. The van der Waals surface area contributed by atoms with E-state index >= 15 is 0 Å². The number of carbonyl (C=O) groups excluding carboxylic acids is 4. The van der Waals surface area contributed by atoms with Crippen molar-refractivity contribution in [3.05, 3.63) is 48.0 Å². The van der Waals surface area contributed by atoms with Gasteiger partial charge in [-0.3, -0.25) is 14.4 Å². The maximum atomic E-state index is 13.3. The molecule has 7 atom stereocenters. The molecular weight excluding hydrogens is 444 g/mol. The van der Waals surface area contributed by atoms with Crippen LogP contribution in [0.25, 0.3) is 0 Å². The smallest absolute Gasteiger partial charge is 0.337 e. The van der Waals surface area contributed by atoms with Crippen molar-refractivity contribution in [3.63, 3.8) is 0 Å². The number of likely N-dealkylation sites (tertiary alicyclic amines) is 1. The third kappa shape index (κ3) is 3.99. The van der Waals surface area contributed by atoms with Gasteiger partial charge in [0.25, 0.3) is 11.8 Å². The first kappa shape index (κ1) is 22.5. The zero-order chi connectivity index (χ0) is 24.1. The van der Waals surface area contributed by atoms with E-state index in [4.69, 9.17) is 4.84 Å². The van der Waals surface area contributed by atoms with Gasteiger partial charge in [0, 0.05) is 19.5 Å². The number of benzene rings is 1. The largest absolute Gasteiger partial charge is 0.342 e. The van der Waals surface area contributed by atoms with Crippen molar-refractivity contribution in [2.75, 3.05) is 13.1 Å². The first-order valence-corrected chi connectivity index (χ1v) is 13.1.